The Hall–Kier alpha value is -4.30. The van der Waals surface area contributed by atoms with Gasteiger partial charge in [-0.25, -0.2) is 28.4 Å². The third-order valence-electron chi connectivity index (χ3n) is 8.16. The molecule has 0 unspecified atom stereocenters. The van der Waals surface area contributed by atoms with Gasteiger partial charge in [0.15, 0.2) is 9.84 Å². The summed E-state index contributed by atoms with van der Waals surface area (Å²) in [5, 5.41) is 3.14. The van der Waals surface area contributed by atoms with E-state index in [-0.39, 0.29) is 29.8 Å². The molecule has 3 fully saturated rings. The molecule has 5 heterocycles. The van der Waals surface area contributed by atoms with Crippen LogP contribution in [0.1, 0.15) is 21.5 Å². The Labute approximate surface area is 284 Å². The highest BCUT2D eigenvalue weighted by molar-refractivity contribution is 7.90. The van der Waals surface area contributed by atoms with Crippen molar-refractivity contribution >= 4 is 33.3 Å². The summed E-state index contributed by atoms with van der Waals surface area (Å²) < 4.78 is 105. The van der Waals surface area contributed by atoms with Gasteiger partial charge in [0.2, 0.25) is 11.9 Å². The van der Waals surface area contributed by atoms with Crippen LogP contribution < -0.4 is 20.0 Å². The topological polar surface area (TPSA) is 137 Å². The highest BCUT2D eigenvalue weighted by Gasteiger charge is 2.33. The number of amides is 1. The van der Waals surface area contributed by atoms with Crippen molar-refractivity contribution in [3.05, 3.63) is 59.7 Å². The number of morpholine rings is 1. The fraction of sp³-hybridized carbons (Fsp3) is 0.500. The van der Waals surface area contributed by atoms with Crippen molar-refractivity contribution < 1.29 is 44.3 Å². The molecule has 0 radical (unpaired) electrons. The standard InChI is InChI=1S/C21H24F3N5O4S.C9H11F3N4/c1-34(31,32)16-2-3-18(27-8-10-33-11-9-27)17(12-16)19(30)28-4-6-29(7-5-28)20-25-13-15(14-26-20)21(22,23)24;10-9(11,12)7-5-14-8(15-6-7)16-3-1-13-2-4-16/h2-3,12-14H,4-11H2,1H3;5-6,13H,1-4H2. The van der Waals surface area contributed by atoms with Gasteiger partial charge in [-0.05, 0) is 18.2 Å². The first-order chi connectivity index (χ1) is 23.6. The van der Waals surface area contributed by atoms with E-state index in [0.717, 1.165) is 44.1 Å². The predicted molar refractivity (Wildman–Crippen MR) is 170 cm³/mol. The average Bonchev–Trinajstić information content (AvgIpc) is 3.11. The molecule has 3 aliphatic rings. The molecule has 1 N–H and O–H groups in total. The Morgan fingerprint density at radius 2 is 1.20 bits per heavy atom. The van der Waals surface area contributed by atoms with Crippen molar-refractivity contribution in [2.24, 2.45) is 0 Å². The molecule has 0 saturated carbocycles. The zero-order valence-corrected chi connectivity index (χ0v) is 27.7. The number of piperazine rings is 2. The molecule has 1 amide bonds. The molecule has 20 heteroatoms. The van der Waals surface area contributed by atoms with Crippen LogP contribution in [0.15, 0.2) is 47.9 Å². The molecule has 6 rings (SSSR count). The lowest BCUT2D eigenvalue weighted by Gasteiger charge is -2.36. The predicted octanol–water partition coefficient (Wildman–Crippen LogP) is 2.60. The maximum Gasteiger partial charge on any atom is 0.419 e. The van der Waals surface area contributed by atoms with E-state index >= 15 is 0 Å². The minimum absolute atomic E-state index is 0.0599. The Kier molecular flexibility index (Phi) is 11.3. The molecular formula is C30H35F6N9O4S. The van der Waals surface area contributed by atoms with E-state index in [9.17, 15) is 39.6 Å². The SMILES string of the molecule is CS(=O)(=O)c1ccc(N2CCOCC2)c(C(=O)N2CCN(c3ncc(C(F)(F)F)cn3)CC2)c1.FC(F)(F)c1cnc(N2CCNCC2)nc1. The maximum absolute atomic E-state index is 13.4. The van der Waals surface area contributed by atoms with Gasteiger partial charge < -0.3 is 29.7 Å². The molecular weight excluding hydrogens is 696 g/mol. The van der Waals surface area contributed by atoms with E-state index in [2.05, 4.69) is 25.3 Å². The number of rotatable bonds is 5. The van der Waals surface area contributed by atoms with Gasteiger partial charge in [0.05, 0.1) is 34.8 Å². The third-order valence-corrected chi connectivity index (χ3v) is 9.27. The zero-order chi connectivity index (χ0) is 36.1. The number of anilines is 3. The summed E-state index contributed by atoms with van der Waals surface area (Å²) in [6.45, 7) is 6.43. The molecule has 272 valence electrons. The van der Waals surface area contributed by atoms with Crippen molar-refractivity contribution in [1.82, 2.24) is 30.2 Å². The molecule has 0 bridgehead atoms. The fourth-order valence-electron chi connectivity index (χ4n) is 5.40. The quantitative estimate of drug-likeness (QED) is 0.387. The van der Waals surface area contributed by atoms with Gasteiger partial charge >= 0.3 is 12.4 Å². The molecule has 2 aromatic heterocycles. The van der Waals surface area contributed by atoms with Crippen molar-refractivity contribution in [3.63, 3.8) is 0 Å². The second-order valence-electron chi connectivity index (χ2n) is 11.6. The number of sulfone groups is 1. The van der Waals surface area contributed by atoms with Gasteiger partial charge in [-0.2, -0.15) is 26.3 Å². The molecule has 3 aliphatic heterocycles. The number of halogens is 6. The normalized spacial score (nSPS) is 17.7. The van der Waals surface area contributed by atoms with Crippen molar-refractivity contribution in [2.75, 3.05) is 99.6 Å². The average molecular weight is 732 g/mol. The lowest BCUT2D eigenvalue weighted by atomic mass is 10.1. The van der Waals surface area contributed by atoms with Gasteiger partial charge in [0, 0.05) is 102 Å². The van der Waals surface area contributed by atoms with Crippen molar-refractivity contribution in [2.45, 2.75) is 17.2 Å². The number of ether oxygens (including phenoxy) is 1. The number of benzene rings is 1. The van der Waals surface area contributed by atoms with Gasteiger partial charge in [-0.3, -0.25) is 4.79 Å². The number of hydrogen-bond acceptors (Lipinski definition) is 12. The molecule has 1 aromatic carbocycles. The largest absolute Gasteiger partial charge is 0.419 e. The second kappa shape index (κ2) is 15.3. The Balaban J connectivity index is 0.000000253. The van der Waals surface area contributed by atoms with Gasteiger partial charge in [0.25, 0.3) is 5.91 Å². The highest BCUT2D eigenvalue weighted by Crippen LogP contribution is 2.30. The third kappa shape index (κ3) is 9.27. The van der Waals surface area contributed by atoms with Gasteiger partial charge in [-0.15, -0.1) is 0 Å². The first-order valence-electron chi connectivity index (χ1n) is 15.6. The number of carbonyl (C=O) groups is 1. The molecule has 50 heavy (non-hydrogen) atoms. The van der Waals surface area contributed by atoms with E-state index in [4.69, 9.17) is 4.74 Å². The van der Waals surface area contributed by atoms with Crippen LogP contribution in [0.25, 0.3) is 0 Å². The fourth-order valence-corrected chi connectivity index (χ4v) is 6.05. The van der Waals surface area contributed by atoms with Crippen LogP contribution in [-0.4, -0.2) is 124 Å². The molecule has 0 atom stereocenters. The van der Waals surface area contributed by atoms with E-state index < -0.39 is 33.3 Å². The summed E-state index contributed by atoms with van der Waals surface area (Å²) in [5.74, 6) is 0.211. The second-order valence-corrected chi connectivity index (χ2v) is 13.6. The van der Waals surface area contributed by atoms with Gasteiger partial charge in [-0.1, -0.05) is 0 Å². The number of hydrogen-bond donors (Lipinski definition) is 1. The van der Waals surface area contributed by atoms with Crippen LogP contribution in [0.4, 0.5) is 43.9 Å². The summed E-state index contributed by atoms with van der Waals surface area (Å²) >= 11 is 0. The summed E-state index contributed by atoms with van der Waals surface area (Å²) in [7, 11) is -3.51. The first kappa shape index (κ1) is 37.0. The van der Waals surface area contributed by atoms with E-state index in [1.165, 1.54) is 12.1 Å². The summed E-state index contributed by atoms with van der Waals surface area (Å²) in [5.41, 5.74) is -0.795. The van der Waals surface area contributed by atoms with Crippen LogP contribution in [-0.2, 0) is 26.9 Å². The molecule has 0 aliphatic carbocycles. The number of alkyl halides is 6. The van der Waals surface area contributed by atoms with Gasteiger partial charge in [0.1, 0.15) is 0 Å². The van der Waals surface area contributed by atoms with Crippen molar-refractivity contribution in [3.8, 4) is 0 Å². The number of nitrogens with zero attached hydrogens (tertiary/aromatic N) is 8. The lowest BCUT2D eigenvalue weighted by Crippen LogP contribution is -2.49. The van der Waals surface area contributed by atoms with Crippen LogP contribution in [0.2, 0.25) is 0 Å². The molecule has 0 spiro atoms. The monoisotopic (exact) mass is 731 g/mol. The first-order valence-corrected chi connectivity index (χ1v) is 17.5. The Morgan fingerprint density at radius 3 is 1.66 bits per heavy atom. The maximum atomic E-state index is 13.4. The number of nitrogens with one attached hydrogen (secondary N) is 1. The highest BCUT2D eigenvalue weighted by atomic mass is 32.2. The summed E-state index contributed by atoms with van der Waals surface area (Å²) in [4.78, 5) is 35.8. The van der Waals surface area contributed by atoms with Crippen LogP contribution in [0, 0.1) is 0 Å². The van der Waals surface area contributed by atoms with E-state index in [1.807, 2.05) is 9.80 Å². The van der Waals surface area contributed by atoms with E-state index in [0.29, 0.717) is 69.7 Å². The number of carbonyl (C=O) groups excluding carboxylic acids is 1. The molecule has 3 aromatic rings. The van der Waals surface area contributed by atoms with E-state index in [1.54, 1.807) is 15.9 Å². The number of aromatic nitrogens is 4. The Morgan fingerprint density at radius 1 is 0.720 bits per heavy atom. The van der Waals surface area contributed by atoms with Crippen molar-refractivity contribution in [1.29, 1.82) is 0 Å². The summed E-state index contributed by atoms with van der Waals surface area (Å²) in [6.07, 6.45) is -4.66. The Bertz CT molecular complexity index is 1710. The minimum Gasteiger partial charge on any atom is -0.378 e. The van der Waals surface area contributed by atoms with Crippen LogP contribution in [0.3, 0.4) is 0 Å². The minimum atomic E-state index is -4.51. The zero-order valence-electron chi connectivity index (χ0n) is 26.9. The lowest BCUT2D eigenvalue weighted by molar-refractivity contribution is -0.138. The smallest absolute Gasteiger partial charge is 0.378 e. The molecule has 13 nitrogen and oxygen atoms in total. The molecule has 3 saturated heterocycles. The summed E-state index contributed by atoms with van der Waals surface area (Å²) in [6, 6.07) is 4.56. The van der Waals surface area contributed by atoms with Crippen LogP contribution >= 0.6 is 0 Å². The van der Waals surface area contributed by atoms with Crippen LogP contribution in [0.5, 0.6) is 0 Å².